The summed E-state index contributed by atoms with van der Waals surface area (Å²) in [5.41, 5.74) is 8.09. The van der Waals surface area contributed by atoms with Crippen LogP contribution in [-0.2, 0) is 0 Å². The topological polar surface area (TPSA) is 20.2 Å². The molecule has 1 atom stereocenters. The first kappa shape index (κ1) is 13.8. The lowest BCUT2D eigenvalue weighted by atomic mass is 9.92. The molecule has 0 aromatic heterocycles. The molecule has 0 radical (unpaired) electrons. The average Bonchev–Trinajstić information content (AvgIpc) is 2.36. The van der Waals surface area contributed by atoms with Crippen LogP contribution in [0.3, 0.4) is 0 Å². The van der Waals surface area contributed by atoms with Crippen molar-refractivity contribution in [2.75, 3.05) is 0 Å². The minimum atomic E-state index is -0.543. The number of aliphatic hydroxyl groups is 1. The minimum Gasteiger partial charge on any atom is -0.384 e. The van der Waals surface area contributed by atoms with Gasteiger partial charge in [-0.15, -0.1) is 0 Å². The van der Waals surface area contributed by atoms with E-state index in [1.165, 1.54) is 22.3 Å². The summed E-state index contributed by atoms with van der Waals surface area (Å²) in [6, 6.07) is 10.4. The van der Waals surface area contributed by atoms with Gasteiger partial charge in [0.1, 0.15) is 6.10 Å². The van der Waals surface area contributed by atoms with Crippen LogP contribution >= 0.6 is 0 Å². The first-order valence-electron chi connectivity index (χ1n) is 6.73. The van der Waals surface area contributed by atoms with Crippen molar-refractivity contribution in [3.05, 3.63) is 69.3 Å². The summed E-state index contributed by atoms with van der Waals surface area (Å²) in [6.45, 7) is 10.4. The zero-order valence-electron chi connectivity index (χ0n) is 12.4. The van der Waals surface area contributed by atoms with Gasteiger partial charge in [-0.25, -0.2) is 0 Å². The third kappa shape index (κ3) is 2.71. The zero-order valence-corrected chi connectivity index (χ0v) is 12.4. The average molecular weight is 254 g/mol. The van der Waals surface area contributed by atoms with E-state index in [-0.39, 0.29) is 0 Å². The van der Waals surface area contributed by atoms with Crippen molar-refractivity contribution in [3.8, 4) is 0 Å². The first-order valence-corrected chi connectivity index (χ1v) is 6.73. The smallest absolute Gasteiger partial charge is 0.104 e. The maximum Gasteiger partial charge on any atom is 0.104 e. The molecule has 0 saturated heterocycles. The molecule has 100 valence electrons. The second-order valence-electron chi connectivity index (χ2n) is 5.54. The normalized spacial score (nSPS) is 12.5. The minimum absolute atomic E-state index is 0.543. The van der Waals surface area contributed by atoms with E-state index >= 15 is 0 Å². The Morgan fingerprint density at radius 2 is 1.26 bits per heavy atom. The van der Waals surface area contributed by atoms with E-state index in [1.54, 1.807) is 0 Å². The van der Waals surface area contributed by atoms with Crippen LogP contribution in [0.5, 0.6) is 0 Å². The number of aliphatic hydroxyl groups excluding tert-OH is 1. The molecule has 0 spiro atoms. The standard InChI is InChI=1S/C18H22O/c1-11-6-7-16(9-13(11)3)18(19)17-10-14(4)12(2)8-15(17)5/h6-10,18-19H,1-5H3. The van der Waals surface area contributed by atoms with Gasteiger partial charge in [0.25, 0.3) is 0 Å². The molecule has 0 aliphatic carbocycles. The Bertz CT molecular complexity index is 611. The largest absolute Gasteiger partial charge is 0.384 e. The van der Waals surface area contributed by atoms with Gasteiger partial charge in [0.2, 0.25) is 0 Å². The molecule has 2 aromatic rings. The molecule has 0 aliphatic heterocycles. The van der Waals surface area contributed by atoms with E-state index < -0.39 is 6.10 Å². The second kappa shape index (κ2) is 5.18. The van der Waals surface area contributed by atoms with Gasteiger partial charge in [-0.2, -0.15) is 0 Å². The number of aryl methyl sites for hydroxylation is 5. The Balaban J connectivity index is 2.46. The van der Waals surface area contributed by atoms with Crippen molar-refractivity contribution >= 4 is 0 Å². The van der Waals surface area contributed by atoms with Gasteiger partial charge < -0.3 is 5.11 Å². The van der Waals surface area contributed by atoms with Crippen molar-refractivity contribution < 1.29 is 5.11 Å². The fourth-order valence-electron chi connectivity index (χ4n) is 2.39. The molecule has 0 bridgehead atoms. The van der Waals surface area contributed by atoms with Crippen LogP contribution in [0.25, 0.3) is 0 Å². The number of hydrogen-bond acceptors (Lipinski definition) is 1. The second-order valence-corrected chi connectivity index (χ2v) is 5.54. The molecule has 19 heavy (non-hydrogen) atoms. The maximum absolute atomic E-state index is 10.6. The van der Waals surface area contributed by atoms with Crippen LogP contribution in [0.4, 0.5) is 0 Å². The summed E-state index contributed by atoms with van der Waals surface area (Å²) in [5, 5.41) is 10.6. The maximum atomic E-state index is 10.6. The van der Waals surface area contributed by atoms with Crippen LogP contribution in [0.2, 0.25) is 0 Å². The molecular weight excluding hydrogens is 232 g/mol. The van der Waals surface area contributed by atoms with E-state index in [9.17, 15) is 5.11 Å². The molecule has 0 heterocycles. The van der Waals surface area contributed by atoms with Crippen molar-refractivity contribution in [2.45, 2.75) is 40.7 Å². The van der Waals surface area contributed by atoms with Gasteiger partial charge in [0.15, 0.2) is 0 Å². The predicted octanol–water partition coefficient (Wildman–Crippen LogP) is 4.31. The SMILES string of the molecule is Cc1ccc(C(O)c2cc(C)c(C)cc2C)cc1C. The van der Waals surface area contributed by atoms with Gasteiger partial charge in [0.05, 0.1) is 0 Å². The fraction of sp³-hybridized carbons (Fsp3) is 0.333. The molecular formula is C18H22O. The van der Waals surface area contributed by atoms with Gasteiger partial charge in [0, 0.05) is 0 Å². The third-order valence-corrected chi connectivity index (χ3v) is 4.02. The molecule has 1 nitrogen and oxygen atoms in total. The van der Waals surface area contributed by atoms with Crippen LogP contribution in [0.1, 0.15) is 45.0 Å². The summed E-state index contributed by atoms with van der Waals surface area (Å²) >= 11 is 0. The first-order chi connectivity index (χ1) is 8.90. The van der Waals surface area contributed by atoms with Crippen molar-refractivity contribution in [3.63, 3.8) is 0 Å². The lowest BCUT2D eigenvalue weighted by Gasteiger charge is -2.17. The molecule has 0 aliphatic rings. The van der Waals surface area contributed by atoms with Crippen LogP contribution in [0.15, 0.2) is 30.3 Å². The Hall–Kier alpha value is -1.60. The number of benzene rings is 2. The molecule has 2 aromatic carbocycles. The highest BCUT2D eigenvalue weighted by Gasteiger charge is 2.14. The highest BCUT2D eigenvalue weighted by molar-refractivity contribution is 5.42. The highest BCUT2D eigenvalue weighted by Crippen LogP contribution is 2.28. The summed E-state index contributed by atoms with van der Waals surface area (Å²) in [7, 11) is 0. The van der Waals surface area contributed by atoms with E-state index in [4.69, 9.17) is 0 Å². The van der Waals surface area contributed by atoms with Gasteiger partial charge in [-0.1, -0.05) is 30.3 Å². The lowest BCUT2D eigenvalue weighted by Crippen LogP contribution is -2.04. The van der Waals surface area contributed by atoms with Crippen LogP contribution < -0.4 is 0 Å². The van der Waals surface area contributed by atoms with Crippen molar-refractivity contribution in [1.82, 2.24) is 0 Å². The van der Waals surface area contributed by atoms with Crippen molar-refractivity contribution in [2.24, 2.45) is 0 Å². The van der Waals surface area contributed by atoms with Gasteiger partial charge in [-0.3, -0.25) is 0 Å². The summed E-state index contributed by atoms with van der Waals surface area (Å²) in [4.78, 5) is 0. The Labute approximate surface area is 115 Å². The molecule has 1 heteroatoms. The Kier molecular flexibility index (Phi) is 3.77. The van der Waals surface area contributed by atoms with E-state index in [0.29, 0.717) is 0 Å². The van der Waals surface area contributed by atoms with Crippen LogP contribution in [0, 0.1) is 34.6 Å². The molecule has 2 rings (SSSR count). The summed E-state index contributed by atoms with van der Waals surface area (Å²) in [5.74, 6) is 0. The molecule has 0 saturated carbocycles. The molecule has 1 unspecified atom stereocenters. The fourth-order valence-corrected chi connectivity index (χ4v) is 2.39. The molecule has 1 N–H and O–H groups in total. The lowest BCUT2D eigenvalue weighted by molar-refractivity contribution is 0.219. The number of rotatable bonds is 2. The molecule has 0 amide bonds. The van der Waals surface area contributed by atoms with Crippen LogP contribution in [-0.4, -0.2) is 5.11 Å². The van der Waals surface area contributed by atoms with Crippen molar-refractivity contribution in [1.29, 1.82) is 0 Å². The van der Waals surface area contributed by atoms with E-state index in [1.807, 2.05) is 6.07 Å². The third-order valence-electron chi connectivity index (χ3n) is 4.02. The monoisotopic (exact) mass is 254 g/mol. The molecule has 0 fully saturated rings. The Morgan fingerprint density at radius 1 is 0.684 bits per heavy atom. The Morgan fingerprint density at radius 3 is 1.89 bits per heavy atom. The summed E-state index contributed by atoms with van der Waals surface area (Å²) in [6.07, 6.45) is -0.543. The number of hydrogen-bond donors (Lipinski definition) is 1. The van der Waals surface area contributed by atoms with Gasteiger partial charge >= 0.3 is 0 Å². The predicted molar refractivity (Wildman–Crippen MR) is 80.6 cm³/mol. The highest BCUT2D eigenvalue weighted by atomic mass is 16.3. The quantitative estimate of drug-likeness (QED) is 0.846. The summed E-state index contributed by atoms with van der Waals surface area (Å²) < 4.78 is 0. The zero-order chi connectivity index (χ0) is 14.2. The van der Waals surface area contributed by atoms with E-state index in [0.717, 1.165) is 16.7 Å². The van der Waals surface area contributed by atoms with E-state index in [2.05, 4.69) is 58.9 Å². The van der Waals surface area contributed by atoms with Gasteiger partial charge in [-0.05, 0) is 73.6 Å².